The molecule has 2 aliphatic rings. The third-order valence-corrected chi connectivity index (χ3v) is 4.34. The van der Waals surface area contributed by atoms with E-state index in [9.17, 15) is 14.0 Å². The first-order valence-corrected chi connectivity index (χ1v) is 8.24. The van der Waals surface area contributed by atoms with Crippen molar-refractivity contribution in [1.82, 2.24) is 15.0 Å². The second-order valence-electron chi connectivity index (χ2n) is 6.00. The molecule has 0 atom stereocenters. The molecule has 3 heterocycles. The minimum atomic E-state index is -0.840. The van der Waals surface area contributed by atoms with Crippen molar-refractivity contribution in [3.05, 3.63) is 53.6 Å². The van der Waals surface area contributed by atoms with Gasteiger partial charge in [0.15, 0.2) is 11.5 Å². The fourth-order valence-corrected chi connectivity index (χ4v) is 3.08. The number of fused-ring (bicyclic) bond motifs is 1. The highest BCUT2D eigenvalue weighted by molar-refractivity contribution is 5.95. The minimum absolute atomic E-state index is 0.107. The van der Waals surface area contributed by atoms with E-state index in [1.165, 1.54) is 28.3 Å². The van der Waals surface area contributed by atoms with Crippen molar-refractivity contribution in [1.29, 1.82) is 0 Å². The zero-order valence-corrected chi connectivity index (χ0v) is 13.9. The Morgan fingerprint density at radius 2 is 1.92 bits per heavy atom. The lowest BCUT2D eigenvalue weighted by Gasteiger charge is -2.28. The SMILES string of the molecule is O=C(Cc1ccc2c(c1)OCO2)N1CCCN1C(=O)c1cccnc1F. The normalized spacial score (nSPS) is 15.4. The van der Waals surface area contributed by atoms with Crippen LogP contribution in [0, 0.1) is 5.95 Å². The molecule has 0 saturated carbocycles. The Bertz CT molecular complexity index is 873. The van der Waals surface area contributed by atoms with Crippen molar-refractivity contribution < 1.29 is 23.5 Å². The second-order valence-corrected chi connectivity index (χ2v) is 6.00. The van der Waals surface area contributed by atoms with Crippen LogP contribution in [0.5, 0.6) is 11.5 Å². The van der Waals surface area contributed by atoms with Gasteiger partial charge in [0.1, 0.15) is 0 Å². The number of hydrazine groups is 1. The van der Waals surface area contributed by atoms with Gasteiger partial charge < -0.3 is 9.47 Å². The summed E-state index contributed by atoms with van der Waals surface area (Å²) in [6.45, 7) is 0.939. The number of pyridine rings is 1. The number of carbonyl (C=O) groups is 2. The van der Waals surface area contributed by atoms with Crippen LogP contribution < -0.4 is 9.47 Å². The fraction of sp³-hybridized carbons (Fsp3) is 0.278. The van der Waals surface area contributed by atoms with Gasteiger partial charge in [0, 0.05) is 19.3 Å². The average Bonchev–Trinajstić information content (AvgIpc) is 3.30. The molecule has 1 aromatic carbocycles. The molecule has 0 bridgehead atoms. The molecule has 8 heteroatoms. The molecule has 1 aromatic heterocycles. The predicted octanol–water partition coefficient (Wildman–Crippen LogP) is 1.78. The summed E-state index contributed by atoms with van der Waals surface area (Å²) in [4.78, 5) is 28.8. The molecule has 1 saturated heterocycles. The van der Waals surface area contributed by atoms with Crippen molar-refractivity contribution in [3.63, 3.8) is 0 Å². The molecule has 0 radical (unpaired) electrons. The number of aromatic nitrogens is 1. The lowest BCUT2D eigenvalue weighted by atomic mass is 10.1. The van der Waals surface area contributed by atoms with Crippen molar-refractivity contribution >= 4 is 11.8 Å². The quantitative estimate of drug-likeness (QED) is 0.783. The molecule has 0 unspecified atom stereocenters. The highest BCUT2D eigenvalue weighted by atomic mass is 19.1. The van der Waals surface area contributed by atoms with E-state index >= 15 is 0 Å². The van der Waals surface area contributed by atoms with Gasteiger partial charge in [-0.1, -0.05) is 6.07 Å². The van der Waals surface area contributed by atoms with Gasteiger partial charge in [0.2, 0.25) is 18.6 Å². The number of carbonyl (C=O) groups excluding carboxylic acids is 2. The van der Waals surface area contributed by atoms with E-state index in [2.05, 4.69) is 4.98 Å². The number of hydrogen-bond acceptors (Lipinski definition) is 5. The van der Waals surface area contributed by atoms with Crippen LogP contribution in [0.15, 0.2) is 36.5 Å². The van der Waals surface area contributed by atoms with Gasteiger partial charge in [0.25, 0.3) is 5.91 Å². The molecule has 1 fully saturated rings. The van der Waals surface area contributed by atoms with Crippen LogP contribution in [0.4, 0.5) is 4.39 Å². The summed E-state index contributed by atoms with van der Waals surface area (Å²) in [5, 5.41) is 2.66. The summed E-state index contributed by atoms with van der Waals surface area (Å²) in [5.41, 5.74) is 0.612. The van der Waals surface area contributed by atoms with Gasteiger partial charge in [0.05, 0.1) is 12.0 Å². The van der Waals surface area contributed by atoms with Crippen LogP contribution in [0.1, 0.15) is 22.3 Å². The Kier molecular flexibility index (Phi) is 4.16. The average molecular weight is 357 g/mol. The fourth-order valence-electron chi connectivity index (χ4n) is 3.08. The Balaban J connectivity index is 1.50. The van der Waals surface area contributed by atoms with E-state index in [1.54, 1.807) is 18.2 Å². The maximum absolute atomic E-state index is 13.8. The van der Waals surface area contributed by atoms with E-state index in [0.717, 1.165) is 5.56 Å². The molecule has 0 N–H and O–H groups in total. The molecule has 7 nitrogen and oxygen atoms in total. The van der Waals surface area contributed by atoms with Crippen LogP contribution in [0.25, 0.3) is 0 Å². The number of halogens is 1. The third-order valence-electron chi connectivity index (χ3n) is 4.34. The highest BCUT2D eigenvalue weighted by Crippen LogP contribution is 2.32. The van der Waals surface area contributed by atoms with Crippen LogP contribution in [-0.4, -0.2) is 46.7 Å². The molecule has 26 heavy (non-hydrogen) atoms. The number of ether oxygens (including phenoxy) is 2. The standard InChI is InChI=1S/C18H16FN3O4/c19-17-13(3-1-6-20-17)18(24)22-8-2-7-21(22)16(23)10-12-4-5-14-15(9-12)26-11-25-14/h1,3-6,9H,2,7-8,10-11H2. The zero-order valence-electron chi connectivity index (χ0n) is 13.9. The van der Waals surface area contributed by atoms with Gasteiger partial charge in [-0.2, -0.15) is 4.39 Å². The van der Waals surface area contributed by atoms with Crippen molar-refractivity contribution in [3.8, 4) is 11.5 Å². The predicted molar refractivity (Wildman–Crippen MR) is 87.8 cm³/mol. The van der Waals surface area contributed by atoms with E-state index in [0.29, 0.717) is 31.0 Å². The first kappa shape index (κ1) is 16.3. The van der Waals surface area contributed by atoms with E-state index < -0.39 is 11.9 Å². The van der Waals surface area contributed by atoms with Gasteiger partial charge in [-0.05, 0) is 36.2 Å². The van der Waals surface area contributed by atoms with Crippen molar-refractivity contribution in [2.75, 3.05) is 19.9 Å². The van der Waals surface area contributed by atoms with Gasteiger partial charge >= 0.3 is 0 Å². The van der Waals surface area contributed by atoms with Gasteiger partial charge in [-0.3, -0.25) is 14.6 Å². The molecule has 2 aromatic rings. The lowest BCUT2D eigenvalue weighted by molar-refractivity contribution is -0.139. The van der Waals surface area contributed by atoms with Crippen molar-refractivity contribution in [2.45, 2.75) is 12.8 Å². The monoisotopic (exact) mass is 357 g/mol. The molecule has 0 aliphatic carbocycles. The topological polar surface area (TPSA) is 72.0 Å². The Morgan fingerprint density at radius 3 is 2.77 bits per heavy atom. The summed E-state index contributed by atoms with van der Waals surface area (Å²) in [7, 11) is 0. The summed E-state index contributed by atoms with van der Waals surface area (Å²) < 4.78 is 24.4. The molecule has 2 aliphatic heterocycles. The molecule has 0 spiro atoms. The molecule has 4 rings (SSSR count). The van der Waals surface area contributed by atoms with Crippen LogP contribution >= 0.6 is 0 Å². The van der Waals surface area contributed by atoms with Crippen LogP contribution in [-0.2, 0) is 11.2 Å². The minimum Gasteiger partial charge on any atom is -0.454 e. The third kappa shape index (κ3) is 2.94. The first-order valence-electron chi connectivity index (χ1n) is 8.24. The van der Waals surface area contributed by atoms with Gasteiger partial charge in [-0.25, -0.2) is 9.99 Å². The Labute approximate surface area is 148 Å². The smallest absolute Gasteiger partial charge is 0.277 e. The Morgan fingerprint density at radius 1 is 1.12 bits per heavy atom. The summed E-state index contributed by atoms with van der Waals surface area (Å²) in [6, 6.07) is 8.15. The second kappa shape index (κ2) is 6.62. The molecular formula is C18H16FN3O4. The van der Waals surface area contributed by atoms with E-state index in [4.69, 9.17) is 9.47 Å². The zero-order chi connectivity index (χ0) is 18.1. The van der Waals surface area contributed by atoms with Gasteiger partial charge in [-0.15, -0.1) is 0 Å². The summed E-state index contributed by atoms with van der Waals surface area (Å²) in [6.07, 6.45) is 2.02. The number of amides is 2. The largest absolute Gasteiger partial charge is 0.454 e. The number of hydrogen-bond donors (Lipinski definition) is 0. The van der Waals surface area contributed by atoms with Crippen molar-refractivity contribution in [2.24, 2.45) is 0 Å². The van der Waals surface area contributed by atoms with Crippen LogP contribution in [0.2, 0.25) is 0 Å². The number of benzene rings is 1. The number of rotatable bonds is 3. The lowest BCUT2D eigenvalue weighted by Crippen LogP contribution is -2.45. The maximum atomic E-state index is 13.8. The van der Waals surface area contributed by atoms with Crippen LogP contribution in [0.3, 0.4) is 0 Å². The van der Waals surface area contributed by atoms with E-state index in [1.807, 2.05) is 0 Å². The summed E-state index contributed by atoms with van der Waals surface area (Å²) in [5.74, 6) is -0.396. The van der Waals surface area contributed by atoms with E-state index in [-0.39, 0.29) is 24.7 Å². The highest BCUT2D eigenvalue weighted by Gasteiger charge is 2.32. The molecule has 134 valence electrons. The molecular weight excluding hydrogens is 341 g/mol. The first-order chi connectivity index (χ1) is 12.6. The maximum Gasteiger partial charge on any atom is 0.277 e. The Hall–Kier alpha value is -3.16. The number of nitrogens with zero attached hydrogens (tertiary/aromatic N) is 3. The molecule has 2 amide bonds. The summed E-state index contributed by atoms with van der Waals surface area (Å²) >= 11 is 0.